The number of aromatic nitrogens is 2. The normalized spacial score (nSPS) is 24.0. The number of nitrogens with zero attached hydrogens (tertiary/aromatic N) is 5. The number of halogens is 1. The molecule has 1 saturated heterocycles. The van der Waals surface area contributed by atoms with Crippen LogP contribution in [0.4, 0.5) is 0 Å². The summed E-state index contributed by atoms with van der Waals surface area (Å²) in [6.45, 7) is -0.330. The fourth-order valence-corrected chi connectivity index (χ4v) is 6.44. The van der Waals surface area contributed by atoms with E-state index >= 15 is 0 Å². The van der Waals surface area contributed by atoms with Crippen molar-refractivity contribution < 1.29 is 15.0 Å². The van der Waals surface area contributed by atoms with E-state index in [1.54, 1.807) is 40.8 Å². The summed E-state index contributed by atoms with van der Waals surface area (Å²) in [4.78, 5) is 39.8. The fraction of sp³-hybridized carbons (Fsp3) is 0.312. The molecule has 2 heterocycles. The van der Waals surface area contributed by atoms with Crippen LogP contribution in [0.15, 0.2) is 51.2 Å². The van der Waals surface area contributed by atoms with Gasteiger partial charge in [-0.1, -0.05) is 0 Å². The van der Waals surface area contributed by atoms with Gasteiger partial charge >= 0.3 is 178 Å². The third-order valence-electron chi connectivity index (χ3n) is 4.27. The second kappa shape index (κ2) is 8.60. The number of aliphatic hydroxyl groups is 2. The van der Waals surface area contributed by atoms with Gasteiger partial charge in [0.2, 0.25) is 0 Å². The fourth-order valence-electron chi connectivity index (χ4n) is 2.91. The summed E-state index contributed by atoms with van der Waals surface area (Å²) in [5.41, 5.74) is 7.37. The Hall–Kier alpha value is -1.95. The van der Waals surface area contributed by atoms with E-state index < -0.39 is 54.0 Å². The Bertz CT molecular complexity index is 1070. The van der Waals surface area contributed by atoms with Crippen LogP contribution in [0.2, 0.25) is 4.82 Å². The van der Waals surface area contributed by atoms with Crippen molar-refractivity contribution in [3.05, 3.63) is 76.9 Å². The Kier molecular flexibility index (Phi) is 6.38. The van der Waals surface area contributed by atoms with Gasteiger partial charge in [-0.15, -0.1) is 0 Å². The van der Waals surface area contributed by atoms with Crippen molar-refractivity contribution in [3.63, 3.8) is 0 Å². The first kappa shape index (κ1) is 20.8. The van der Waals surface area contributed by atoms with E-state index in [1.165, 1.54) is 18.3 Å². The number of rotatable bonds is 4. The Labute approximate surface area is 177 Å². The molecule has 1 aliphatic heterocycles. The Morgan fingerprint density at radius 1 is 1.32 bits per heavy atom. The molecular formula is C16H14IN5O5Se. The summed E-state index contributed by atoms with van der Waals surface area (Å²) >= 11 is 1.21. The zero-order chi connectivity index (χ0) is 20.4. The molecule has 3 rings (SSSR count). The van der Waals surface area contributed by atoms with Crippen LogP contribution < -0.4 is 11.2 Å². The van der Waals surface area contributed by atoms with Gasteiger partial charge in [-0.2, -0.15) is 0 Å². The second-order valence-electron chi connectivity index (χ2n) is 5.91. The molecule has 0 bridgehead atoms. The zero-order valence-electron chi connectivity index (χ0n) is 14.1. The van der Waals surface area contributed by atoms with Crippen LogP contribution in [0.25, 0.3) is 10.4 Å². The van der Waals surface area contributed by atoms with Gasteiger partial charge in [0.25, 0.3) is 0 Å². The molecule has 0 spiro atoms. The second-order valence-corrected chi connectivity index (χ2v) is 9.93. The quantitative estimate of drug-likeness (QED) is 0.181. The molecule has 4 atom stereocenters. The van der Waals surface area contributed by atoms with Crippen LogP contribution >= 0.6 is 22.6 Å². The molecule has 1 aliphatic rings. The molecule has 0 radical (unpaired) electrons. The average Bonchev–Trinajstić information content (AvgIpc) is 3.01. The number of hydrogen-bond acceptors (Lipinski definition) is 6. The molecule has 10 nitrogen and oxygen atoms in total. The van der Waals surface area contributed by atoms with E-state index in [2.05, 4.69) is 10.0 Å². The van der Waals surface area contributed by atoms with Gasteiger partial charge in [0.15, 0.2) is 0 Å². The third-order valence-corrected chi connectivity index (χ3v) is 8.29. The van der Waals surface area contributed by atoms with Crippen LogP contribution in [0.5, 0.6) is 0 Å². The van der Waals surface area contributed by atoms with E-state index in [1.807, 2.05) is 0 Å². The first-order valence-electron chi connectivity index (χ1n) is 8.02. The monoisotopic (exact) mass is 563 g/mol. The number of hydrogen-bond donors (Lipinski definition) is 2. The summed E-state index contributed by atoms with van der Waals surface area (Å²) in [5, 5.41) is 23.4. The molecule has 12 heteroatoms. The Morgan fingerprint density at radius 3 is 2.61 bits per heavy atom. The maximum absolute atomic E-state index is 13.0. The molecule has 146 valence electrons. The van der Waals surface area contributed by atoms with Gasteiger partial charge in [-0.05, 0) is 0 Å². The molecule has 1 fully saturated rings. The minimum atomic E-state index is -1.12. The van der Waals surface area contributed by atoms with Gasteiger partial charge in [-0.25, -0.2) is 0 Å². The summed E-state index contributed by atoms with van der Waals surface area (Å²) in [6, 6.07) is 6.93. The van der Waals surface area contributed by atoms with Crippen LogP contribution in [0, 0.1) is 3.57 Å². The van der Waals surface area contributed by atoms with Crippen LogP contribution in [-0.2, 0) is 0 Å². The summed E-state index contributed by atoms with van der Waals surface area (Å²) < 4.78 is 1.82. The van der Waals surface area contributed by atoms with Crippen molar-refractivity contribution in [2.45, 2.75) is 21.9 Å². The number of aliphatic hydroxyl groups excluding tert-OH is 2. The topological polar surface area (TPSA) is 150 Å². The zero-order valence-corrected chi connectivity index (χ0v) is 18.0. The van der Waals surface area contributed by atoms with Crippen LogP contribution in [0.1, 0.15) is 15.3 Å². The van der Waals surface area contributed by atoms with Crippen molar-refractivity contribution in [2.24, 2.45) is 5.11 Å². The predicted molar refractivity (Wildman–Crippen MR) is 108 cm³/mol. The van der Waals surface area contributed by atoms with E-state index in [4.69, 9.17) is 5.53 Å². The van der Waals surface area contributed by atoms with Crippen molar-refractivity contribution in [1.29, 1.82) is 0 Å². The van der Waals surface area contributed by atoms with Crippen molar-refractivity contribution in [1.82, 2.24) is 9.13 Å². The molecule has 2 aromatic rings. The maximum atomic E-state index is 13.0. The number of azide groups is 1. The average molecular weight is 562 g/mol. The van der Waals surface area contributed by atoms with E-state index in [0.717, 1.165) is 4.57 Å². The Balaban J connectivity index is 2.17. The number of benzene rings is 1. The standard InChI is InChI=1S/C16H14IN5O5Se/c17-9-6-21(15-11(19-20-18)12(24)10(7-23)28-15)16(27)22(14(9)26)13(25)8-4-2-1-3-5-8/h1-6,10-12,15,23-24H,7H2/t10-,11?,12?,15-/m1/s1. The summed E-state index contributed by atoms with van der Waals surface area (Å²) in [5.74, 6) is -0.770. The van der Waals surface area contributed by atoms with Gasteiger partial charge < -0.3 is 0 Å². The van der Waals surface area contributed by atoms with E-state index in [-0.39, 0.29) is 15.7 Å². The molecule has 1 aromatic heterocycles. The Morgan fingerprint density at radius 2 is 2.00 bits per heavy atom. The SMILES string of the molecule is [N-]=[N+]=NC1C(O)[C@@H](CO)[Se][C@H]1n1cc(I)c(=O)n(C(=O)c2ccccc2)c1=O. The first-order chi connectivity index (χ1) is 13.4. The predicted octanol–water partition coefficient (Wildman–Crippen LogP) is 0.340. The molecule has 28 heavy (non-hydrogen) atoms. The molecule has 0 saturated carbocycles. The summed E-state index contributed by atoms with van der Waals surface area (Å²) in [7, 11) is 0. The molecule has 0 aliphatic carbocycles. The first-order valence-corrected chi connectivity index (χ1v) is 11.1. The molecular weight excluding hydrogens is 548 g/mol. The van der Waals surface area contributed by atoms with Crippen molar-refractivity contribution in [3.8, 4) is 0 Å². The number of carbonyl (C=O) groups excluding carboxylic acids is 1. The summed E-state index contributed by atoms with van der Waals surface area (Å²) in [6.07, 6.45) is 0.166. The van der Waals surface area contributed by atoms with Crippen LogP contribution in [0.3, 0.4) is 0 Å². The van der Waals surface area contributed by atoms with Gasteiger partial charge in [0, 0.05) is 0 Å². The minimum absolute atomic E-state index is 0.124. The van der Waals surface area contributed by atoms with Gasteiger partial charge in [0.05, 0.1) is 0 Å². The third kappa shape index (κ3) is 3.66. The van der Waals surface area contributed by atoms with E-state index in [0.29, 0.717) is 4.57 Å². The molecule has 2 unspecified atom stereocenters. The van der Waals surface area contributed by atoms with Crippen molar-refractivity contribution >= 4 is 43.5 Å². The van der Waals surface area contributed by atoms with Crippen molar-refractivity contribution in [2.75, 3.05) is 6.61 Å². The van der Waals surface area contributed by atoms with Gasteiger partial charge in [0.1, 0.15) is 0 Å². The molecule has 2 N–H and O–H groups in total. The van der Waals surface area contributed by atoms with E-state index in [9.17, 15) is 24.6 Å². The molecule has 0 amide bonds. The molecule has 1 aromatic carbocycles. The number of carbonyl (C=O) groups is 1. The van der Waals surface area contributed by atoms with Crippen LogP contribution in [-0.4, -0.2) is 59.0 Å². The van der Waals surface area contributed by atoms with Gasteiger partial charge in [-0.3, -0.25) is 0 Å².